The first kappa shape index (κ1) is 16.5. The van der Waals surface area contributed by atoms with Crippen molar-refractivity contribution in [3.63, 3.8) is 0 Å². The quantitative estimate of drug-likeness (QED) is 0.647. The molecule has 0 aromatic heterocycles. The third-order valence-electron chi connectivity index (χ3n) is 2.99. The maximum atomic E-state index is 11.3. The summed E-state index contributed by atoms with van der Waals surface area (Å²) in [6, 6.07) is 7.94. The number of carbonyl (C=O) groups excluding carboxylic acids is 1. The molecule has 0 aliphatic heterocycles. The van der Waals surface area contributed by atoms with Gasteiger partial charge in [0.2, 0.25) is 5.91 Å². The van der Waals surface area contributed by atoms with E-state index in [0.717, 1.165) is 24.2 Å². The number of hydrogen-bond acceptors (Lipinski definition) is 4. The van der Waals surface area contributed by atoms with Crippen LogP contribution in [0.15, 0.2) is 24.3 Å². The normalized spacial score (nSPS) is 11.9. The molecule has 0 aliphatic rings. The molecular weight excluding hydrogens is 254 g/mol. The summed E-state index contributed by atoms with van der Waals surface area (Å²) >= 11 is 0. The van der Waals surface area contributed by atoms with E-state index in [1.807, 2.05) is 31.2 Å². The third kappa shape index (κ3) is 6.04. The van der Waals surface area contributed by atoms with Gasteiger partial charge in [0.15, 0.2) is 0 Å². The van der Waals surface area contributed by atoms with Crippen LogP contribution in [0.2, 0.25) is 0 Å². The van der Waals surface area contributed by atoms with Gasteiger partial charge >= 0.3 is 0 Å². The zero-order chi connectivity index (χ0) is 14.8. The number of nitrogens with one attached hydrogen (secondary N) is 2. The summed E-state index contributed by atoms with van der Waals surface area (Å²) in [5, 5.41) is 6.24. The zero-order valence-electron chi connectivity index (χ0n) is 12.3. The van der Waals surface area contributed by atoms with E-state index < -0.39 is 0 Å². The van der Waals surface area contributed by atoms with E-state index in [-0.39, 0.29) is 11.9 Å². The van der Waals surface area contributed by atoms with Gasteiger partial charge in [-0.2, -0.15) is 0 Å². The van der Waals surface area contributed by atoms with Gasteiger partial charge in [0.1, 0.15) is 0 Å². The molecule has 1 aromatic carbocycles. The van der Waals surface area contributed by atoms with Crippen LogP contribution in [0.4, 0.5) is 11.4 Å². The Morgan fingerprint density at radius 3 is 2.50 bits per heavy atom. The molecule has 0 fully saturated rings. The third-order valence-corrected chi connectivity index (χ3v) is 2.99. The van der Waals surface area contributed by atoms with Gasteiger partial charge in [-0.1, -0.05) is 6.92 Å². The van der Waals surface area contributed by atoms with Crippen LogP contribution in [0.3, 0.4) is 0 Å². The van der Waals surface area contributed by atoms with Gasteiger partial charge in [0, 0.05) is 30.9 Å². The lowest BCUT2D eigenvalue weighted by atomic mass is 10.1. The molecule has 1 unspecified atom stereocenters. The van der Waals surface area contributed by atoms with Crippen LogP contribution >= 0.6 is 0 Å². The minimum absolute atomic E-state index is 0.0194. The summed E-state index contributed by atoms with van der Waals surface area (Å²) in [5.74, 6) is 0.0194. The van der Waals surface area contributed by atoms with Crippen molar-refractivity contribution in [1.29, 1.82) is 0 Å². The van der Waals surface area contributed by atoms with E-state index in [9.17, 15) is 4.79 Å². The van der Waals surface area contributed by atoms with Gasteiger partial charge in [-0.15, -0.1) is 0 Å². The van der Waals surface area contributed by atoms with E-state index >= 15 is 0 Å². The number of rotatable bonds is 9. The van der Waals surface area contributed by atoms with Gasteiger partial charge < -0.3 is 21.1 Å². The van der Waals surface area contributed by atoms with Gasteiger partial charge in [0.05, 0.1) is 6.61 Å². The van der Waals surface area contributed by atoms with Crippen LogP contribution < -0.4 is 16.4 Å². The average Bonchev–Trinajstić information content (AvgIpc) is 2.47. The molecule has 5 heteroatoms. The zero-order valence-corrected chi connectivity index (χ0v) is 12.3. The smallest absolute Gasteiger partial charge is 0.224 e. The summed E-state index contributed by atoms with van der Waals surface area (Å²) in [7, 11) is 1.69. The summed E-state index contributed by atoms with van der Waals surface area (Å²) in [4.78, 5) is 11.3. The number of carbonyl (C=O) groups is 1. The molecule has 0 bridgehead atoms. The number of nitrogens with two attached hydrogens (primary N) is 1. The number of benzene rings is 1. The standard InChI is InChI=1S/C15H25N3O2/c1-3-15(19)18-13-8-6-12(7-9-13)17-14(11-20-2)5-4-10-16/h6-9,14,17H,3-5,10-11,16H2,1-2H3,(H,18,19). The number of anilines is 2. The highest BCUT2D eigenvalue weighted by Crippen LogP contribution is 2.16. The van der Waals surface area contributed by atoms with Crippen molar-refractivity contribution in [3.8, 4) is 0 Å². The summed E-state index contributed by atoms with van der Waals surface area (Å²) in [6.45, 7) is 3.16. The topological polar surface area (TPSA) is 76.4 Å². The molecule has 0 radical (unpaired) electrons. The first-order valence-corrected chi connectivity index (χ1v) is 7.05. The van der Waals surface area contributed by atoms with Crippen LogP contribution in [0.1, 0.15) is 26.2 Å². The molecule has 0 spiro atoms. The Kier molecular flexibility index (Phi) is 7.69. The monoisotopic (exact) mass is 279 g/mol. The molecule has 1 rings (SSSR count). The van der Waals surface area contributed by atoms with Crippen molar-refractivity contribution >= 4 is 17.3 Å². The first-order chi connectivity index (χ1) is 9.69. The summed E-state index contributed by atoms with van der Waals surface area (Å²) in [6.07, 6.45) is 2.42. The lowest BCUT2D eigenvalue weighted by molar-refractivity contribution is -0.115. The van der Waals surface area contributed by atoms with Gasteiger partial charge in [-0.25, -0.2) is 0 Å². The first-order valence-electron chi connectivity index (χ1n) is 7.05. The molecule has 5 nitrogen and oxygen atoms in total. The maximum Gasteiger partial charge on any atom is 0.224 e. The van der Waals surface area contributed by atoms with E-state index in [1.54, 1.807) is 7.11 Å². The van der Waals surface area contributed by atoms with E-state index in [2.05, 4.69) is 10.6 Å². The highest BCUT2D eigenvalue weighted by Gasteiger charge is 2.08. The molecule has 0 saturated carbocycles. The Hall–Kier alpha value is -1.59. The predicted molar refractivity (Wildman–Crippen MR) is 82.9 cm³/mol. The van der Waals surface area contributed by atoms with Crippen molar-refractivity contribution in [2.45, 2.75) is 32.2 Å². The van der Waals surface area contributed by atoms with Crippen LogP contribution in [0.25, 0.3) is 0 Å². The Bertz CT molecular complexity index is 393. The number of methoxy groups -OCH3 is 1. The Labute approximate surface area is 120 Å². The fourth-order valence-electron chi connectivity index (χ4n) is 1.90. The highest BCUT2D eigenvalue weighted by atomic mass is 16.5. The molecule has 1 atom stereocenters. The minimum atomic E-state index is 0.0194. The SMILES string of the molecule is CCC(=O)Nc1ccc(NC(CCCN)COC)cc1. The van der Waals surface area contributed by atoms with Crippen LogP contribution in [0.5, 0.6) is 0 Å². The molecule has 20 heavy (non-hydrogen) atoms. The Morgan fingerprint density at radius 1 is 1.30 bits per heavy atom. The number of ether oxygens (including phenoxy) is 1. The summed E-state index contributed by atoms with van der Waals surface area (Å²) < 4.78 is 5.20. The lowest BCUT2D eigenvalue weighted by Gasteiger charge is -2.19. The van der Waals surface area contributed by atoms with Crippen LogP contribution in [-0.2, 0) is 9.53 Å². The molecular formula is C15H25N3O2. The fraction of sp³-hybridized carbons (Fsp3) is 0.533. The van der Waals surface area contributed by atoms with Crippen LogP contribution in [0, 0.1) is 0 Å². The van der Waals surface area contributed by atoms with Crippen molar-refractivity contribution in [1.82, 2.24) is 0 Å². The fourth-order valence-corrected chi connectivity index (χ4v) is 1.90. The van der Waals surface area contributed by atoms with E-state index in [4.69, 9.17) is 10.5 Å². The van der Waals surface area contributed by atoms with E-state index in [0.29, 0.717) is 19.6 Å². The molecule has 112 valence electrons. The minimum Gasteiger partial charge on any atom is -0.383 e. The van der Waals surface area contributed by atoms with Crippen molar-refractivity contribution in [2.75, 3.05) is 30.9 Å². The van der Waals surface area contributed by atoms with Crippen LogP contribution in [-0.4, -0.2) is 32.2 Å². The molecule has 0 aliphatic carbocycles. The molecule has 0 saturated heterocycles. The average molecular weight is 279 g/mol. The molecule has 1 aromatic rings. The highest BCUT2D eigenvalue weighted by molar-refractivity contribution is 5.90. The van der Waals surface area contributed by atoms with Gasteiger partial charge in [-0.3, -0.25) is 4.79 Å². The summed E-state index contributed by atoms with van der Waals surface area (Å²) in [5.41, 5.74) is 7.36. The lowest BCUT2D eigenvalue weighted by Crippen LogP contribution is -2.25. The van der Waals surface area contributed by atoms with Gasteiger partial charge in [-0.05, 0) is 43.7 Å². The predicted octanol–water partition coefficient (Wildman–Crippen LogP) is 2.20. The number of amides is 1. The second-order valence-corrected chi connectivity index (χ2v) is 4.71. The van der Waals surface area contributed by atoms with Crippen molar-refractivity contribution < 1.29 is 9.53 Å². The van der Waals surface area contributed by atoms with E-state index in [1.165, 1.54) is 0 Å². The Morgan fingerprint density at radius 2 is 1.95 bits per heavy atom. The maximum absolute atomic E-state index is 11.3. The second-order valence-electron chi connectivity index (χ2n) is 4.71. The largest absolute Gasteiger partial charge is 0.383 e. The molecule has 4 N–H and O–H groups in total. The van der Waals surface area contributed by atoms with Crippen molar-refractivity contribution in [2.24, 2.45) is 5.73 Å². The second kappa shape index (κ2) is 9.34. The van der Waals surface area contributed by atoms with Gasteiger partial charge in [0.25, 0.3) is 0 Å². The Balaban J connectivity index is 2.55. The molecule has 0 heterocycles. The number of hydrogen-bond donors (Lipinski definition) is 3. The molecule has 1 amide bonds. The van der Waals surface area contributed by atoms with Crippen molar-refractivity contribution in [3.05, 3.63) is 24.3 Å².